The minimum Gasteiger partial charge on any atom is -0.310 e. The largest absolute Gasteiger partial charge is 0.310 e. The summed E-state index contributed by atoms with van der Waals surface area (Å²) < 4.78 is 26.0. The van der Waals surface area contributed by atoms with Crippen LogP contribution in [0.3, 0.4) is 0 Å². The summed E-state index contributed by atoms with van der Waals surface area (Å²) >= 11 is 0. The van der Waals surface area contributed by atoms with Gasteiger partial charge in [0, 0.05) is 12.6 Å². The monoisotopic (exact) mass is 287 g/mol. The summed E-state index contributed by atoms with van der Waals surface area (Å²) in [5.74, 6) is -0.948. The fourth-order valence-corrected chi connectivity index (χ4v) is 3.00. The molecule has 0 atom stereocenters. The molecule has 110 valence electrons. The van der Waals surface area contributed by atoms with Gasteiger partial charge in [-0.1, -0.05) is 30.3 Å². The molecular weight excluding hydrogens is 268 g/mol. The topological polar surface area (TPSA) is 12.0 Å². The van der Waals surface area contributed by atoms with Gasteiger partial charge in [-0.3, -0.25) is 0 Å². The van der Waals surface area contributed by atoms with Crippen LogP contribution in [0.5, 0.6) is 0 Å². The molecule has 1 saturated carbocycles. The second-order valence-electron chi connectivity index (χ2n) is 5.85. The van der Waals surface area contributed by atoms with Gasteiger partial charge in [0.25, 0.3) is 0 Å². The standard InChI is InChI=1S/C18H19F2N/c1-12-4-2-3-5-16(12)14-9-15(10-14)21-11-13-6-7-17(19)18(20)8-13/h2-8,14-15,21H,9-11H2,1H3. The van der Waals surface area contributed by atoms with E-state index >= 15 is 0 Å². The van der Waals surface area contributed by atoms with E-state index in [9.17, 15) is 8.78 Å². The predicted octanol–water partition coefficient (Wildman–Crippen LogP) is 4.31. The maximum absolute atomic E-state index is 13.1. The van der Waals surface area contributed by atoms with Gasteiger partial charge in [0.2, 0.25) is 0 Å². The van der Waals surface area contributed by atoms with Crippen LogP contribution in [0, 0.1) is 18.6 Å². The Morgan fingerprint density at radius 1 is 1.05 bits per heavy atom. The summed E-state index contributed by atoms with van der Waals surface area (Å²) in [6.07, 6.45) is 2.21. The lowest BCUT2D eigenvalue weighted by Gasteiger charge is -2.37. The molecule has 1 fully saturated rings. The number of halogens is 2. The molecule has 0 unspecified atom stereocenters. The van der Waals surface area contributed by atoms with Crippen molar-refractivity contribution in [2.45, 2.75) is 38.3 Å². The molecule has 1 nitrogen and oxygen atoms in total. The lowest BCUT2D eigenvalue weighted by molar-refractivity contribution is 0.288. The molecule has 0 radical (unpaired) electrons. The Morgan fingerprint density at radius 3 is 2.52 bits per heavy atom. The molecule has 3 rings (SSSR count). The minimum absolute atomic E-state index is 0.461. The van der Waals surface area contributed by atoms with Crippen molar-refractivity contribution in [1.29, 1.82) is 0 Å². The minimum atomic E-state index is -0.790. The number of rotatable bonds is 4. The highest BCUT2D eigenvalue weighted by atomic mass is 19.2. The van der Waals surface area contributed by atoms with Gasteiger partial charge in [-0.2, -0.15) is 0 Å². The molecule has 0 bridgehead atoms. The Bertz CT molecular complexity index is 633. The molecule has 2 aromatic rings. The van der Waals surface area contributed by atoms with E-state index in [2.05, 4.69) is 36.5 Å². The summed E-state index contributed by atoms with van der Waals surface area (Å²) in [6, 6.07) is 13.0. The zero-order valence-corrected chi connectivity index (χ0v) is 12.1. The van der Waals surface area contributed by atoms with Crippen LogP contribution in [-0.2, 0) is 6.54 Å². The number of benzene rings is 2. The van der Waals surface area contributed by atoms with Crippen LogP contribution in [0.1, 0.15) is 35.4 Å². The van der Waals surface area contributed by atoms with Crippen LogP contribution in [0.25, 0.3) is 0 Å². The van der Waals surface area contributed by atoms with Crippen molar-refractivity contribution in [2.75, 3.05) is 0 Å². The zero-order valence-electron chi connectivity index (χ0n) is 12.1. The molecule has 2 aromatic carbocycles. The van der Waals surface area contributed by atoms with E-state index < -0.39 is 11.6 Å². The molecule has 1 aliphatic carbocycles. The lowest BCUT2D eigenvalue weighted by atomic mass is 9.74. The van der Waals surface area contributed by atoms with E-state index in [1.165, 1.54) is 23.3 Å². The van der Waals surface area contributed by atoms with E-state index in [0.717, 1.165) is 18.4 Å². The first kappa shape index (κ1) is 14.2. The van der Waals surface area contributed by atoms with Gasteiger partial charge in [0.1, 0.15) is 0 Å². The fourth-order valence-electron chi connectivity index (χ4n) is 3.00. The van der Waals surface area contributed by atoms with Crippen molar-refractivity contribution >= 4 is 0 Å². The number of aryl methyl sites for hydroxylation is 1. The summed E-state index contributed by atoms with van der Waals surface area (Å²) in [7, 11) is 0. The van der Waals surface area contributed by atoms with Gasteiger partial charge in [0.15, 0.2) is 11.6 Å². The van der Waals surface area contributed by atoms with Crippen LogP contribution in [0.15, 0.2) is 42.5 Å². The van der Waals surface area contributed by atoms with Crippen LogP contribution in [0.2, 0.25) is 0 Å². The predicted molar refractivity (Wildman–Crippen MR) is 80.1 cm³/mol. The average Bonchev–Trinajstić information content (AvgIpc) is 2.43. The second-order valence-corrected chi connectivity index (χ2v) is 5.85. The molecule has 0 amide bonds. The van der Waals surface area contributed by atoms with Crippen LogP contribution >= 0.6 is 0 Å². The molecule has 0 spiro atoms. The summed E-state index contributed by atoms with van der Waals surface area (Å²) in [4.78, 5) is 0. The highest BCUT2D eigenvalue weighted by Gasteiger charge is 2.30. The van der Waals surface area contributed by atoms with E-state index in [-0.39, 0.29) is 0 Å². The van der Waals surface area contributed by atoms with Crippen LogP contribution < -0.4 is 5.32 Å². The highest BCUT2D eigenvalue weighted by Crippen LogP contribution is 2.38. The first-order valence-electron chi connectivity index (χ1n) is 7.36. The van der Waals surface area contributed by atoms with Crippen molar-refractivity contribution in [3.05, 3.63) is 70.8 Å². The quantitative estimate of drug-likeness (QED) is 0.883. The Labute approximate surface area is 124 Å². The van der Waals surface area contributed by atoms with Gasteiger partial charge in [-0.15, -0.1) is 0 Å². The summed E-state index contributed by atoms with van der Waals surface area (Å²) in [5.41, 5.74) is 3.57. The van der Waals surface area contributed by atoms with Crippen molar-refractivity contribution < 1.29 is 8.78 Å². The fraction of sp³-hybridized carbons (Fsp3) is 0.333. The Morgan fingerprint density at radius 2 is 1.81 bits per heavy atom. The van der Waals surface area contributed by atoms with Gasteiger partial charge in [0.05, 0.1) is 0 Å². The first-order valence-corrected chi connectivity index (χ1v) is 7.36. The van der Waals surface area contributed by atoms with Crippen LogP contribution in [0.4, 0.5) is 8.78 Å². The molecule has 21 heavy (non-hydrogen) atoms. The van der Waals surface area contributed by atoms with E-state index in [1.54, 1.807) is 6.07 Å². The van der Waals surface area contributed by atoms with E-state index in [0.29, 0.717) is 18.5 Å². The van der Waals surface area contributed by atoms with E-state index in [4.69, 9.17) is 0 Å². The third kappa shape index (κ3) is 3.13. The summed E-state index contributed by atoms with van der Waals surface area (Å²) in [5, 5.41) is 3.41. The molecule has 0 aromatic heterocycles. The number of hydrogen-bond donors (Lipinski definition) is 1. The third-order valence-electron chi connectivity index (χ3n) is 4.35. The van der Waals surface area contributed by atoms with Crippen LogP contribution in [-0.4, -0.2) is 6.04 Å². The molecular formula is C18H19F2N. The Kier molecular flexibility index (Phi) is 4.02. The molecule has 3 heteroatoms. The highest BCUT2D eigenvalue weighted by molar-refractivity contribution is 5.31. The molecule has 1 aliphatic rings. The maximum Gasteiger partial charge on any atom is 0.159 e. The molecule has 0 heterocycles. The number of nitrogens with one attached hydrogen (secondary N) is 1. The third-order valence-corrected chi connectivity index (χ3v) is 4.35. The Balaban J connectivity index is 1.51. The normalized spacial score (nSPS) is 21.1. The SMILES string of the molecule is Cc1ccccc1C1CC(NCc2ccc(F)c(F)c2)C1. The maximum atomic E-state index is 13.1. The van der Waals surface area contributed by atoms with Gasteiger partial charge >= 0.3 is 0 Å². The van der Waals surface area contributed by atoms with Gasteiger partial charge in [-0.05, 0) is 54.5 Å². The van der Waals surface area contributed by atoms with E-state index in [1.807, 2.05) is 0 Å². The number of hydrogen-bond acceptors (Lipinski definition) is 1. The smallest absolute Gasteiger partial charge is 0.159 e. The van der Waals surface area contributed by atoms with Gasteiger partial charge in [-0.25, -0.2) is 8.78 Å². The molecule has 0 saturated heterocycles. The second kappa shape index (κ2) is 5.94. The Hall–Kier alpha value is -1.74. The van der Waals surface area contributed by atoms with Gasteiger partial charge < -0.3 is 5.32 Å². The first-order chi connectivity index (χ1) is 10.1. The zero-order chi connectivity index (χ0) is 14.8. The van der Waals surface area contributed by atoms with Crippen molar-refractivity contribution in [2.24, 2.45) is 0 Å². The average molecular weight is 287 g/mol. The lowest BCUT2D eigenvalue weighted by Crippen LogP contribution is -2.39. The summed E-state index contributed by atoms with van der Waals surface area (Å²) in [6.45, 7) is 2.74. The molecule has 1 N–H and O–H groups in total. The van der Waals surface area contributed by atoms with Crippen molar-refractivity contribution in [1.82, 2.24) is 5.32 Å². The van der Waals surface area contributed by atoms with Crippen molar-refractivity contribution in [3.63, 3.8) is 0 Å². The van der Waals surface area contributed by atoms with Crippen molar-refractivity contribution in [3.8, 4) is 0 Å². The molecule has 0 aliphatic heterocycles.